The van der Waals surface area contributed by atoms with Gasteiger partial charge in [-0.25, -0.2) is 0 Å². The van der Waals surface area contributed by atoms with Gasteiger partial charge < -0.3 is 10.3 Å². The average Bonchev–Trinajstić information content (AvgIpc) is 2.83. The van der Waals surface area contributed by atoms with E-state index in [9.17, 15) is 0 Å². The second-order valence-electron chi connectivity index (χ2n) is 5.34. The first kappa shape index (κ1) is 14.1. The van der Waals surface area contributed by atoms with E-state index in [-0.39, 0.29) is 0 Å². The maximum absolute atomic E-state index is 3.71. The van der Waals surface area contributed by atoms with Crippen molar-refractivity contribution in [1.29, 1.82) is 0 Å². The summed E-state index contributed by atoms with van der Waals surface area (Å²) in [4.78, 5) is 3.35. The van der Waals surface area contributed by atoms with E-state index in [1.807, 2.05) is 0 Å². The molecule has 1 heterocycles. The summed E-state index contributed by atoms with van der Waals surface area (Å²) in [6.07, 6.45) is 8.38. The fourth-order valence-electron chi connectivity index (χ4n) is 2.79. The van der Waals surface area contributed by atoms with Gasteiger partial charge in [0.05, 0.1) is 0 Å². The fourth-order valence-corrected chi connectivity index (χ4v) is 2.79. The highest BCUT2D eigenvalue weighted by Crippen LogP contribution is 2.17. The quantitative estimate of drug-likeness (QED) is 0.727. The van der Waals surface area contributed by atoms with Gasteiger partial charge >= 0.3 is 0 Å². The molecule has 2 nitrogen and oxygen atoms in total. The van der Waals surface area contributed by atoms with Crippen molar-refractivity contribution in [3.05, 3.63) is 36.0 Å². The maximum Gasteiger partial charge on any atom is 0.0456 e. The molecule has 0 aliphatic heterocycles. The van der Waals surface area contributed by atoms with Crippen molar-refractivity contribution >= 4 is 10.9 Å². The third-order valence-electron chi connectivity index (χ3n) is 3.78. The van der Waals surface area contributed by atoms with E-state index in [0.29, 0.717) is 6.04 Å². The van der Waals surface area contributed by atoms with Crippen LogP contribution < -0.4 is 5.32 Å². The highest BCUT2D eigenvalue weighted by molar-refractivity contribution is 5.83. The van der Waals surface area contributed by atoms with Gasteiger partial charge in [0.15, 0.2) is 0 Å². The molecule has 0 unspecified atom stereocenters. The molecule has 0 aliphatic carbocycles. The van der Waals surface area contributed by atoms with Crippen LogP contribution in [-0.4, -0.2) is 17.6 Å². The molecule has 19 heavy (non-hydrogen) atoms. The van der Waals surface area contributed by atoms with Crippen LogP contribution in [0.4, 0.5) is 0 Å². The molecule has 2 aromatic rings. The van der Waals surface area contributed by atoms with Crippen LogP contribution in [0.2, 0.25) is 0 Å². The number of aromatic amines is 1. The lowest BCUT2D eigenvalue weighted by molar-refractivity contribution is 0.447. The Morgan fingerprint density at radius 1 is 1.11 bits per heavy atom. The van der Waals surface area contributed by atoms with E-state index in [1.54, 1.807) is 0 Å². The topological polar surface area (TPSA) is 27.8 Å². The Labute approximate surface area is 116 Å². The van der Waals surface area contributed by atoms with Gasteiger partial charge in [0.2, 0.25) is 0 Å². The molecule has 0 aliphatic rings. The summed E-state index contributed by atoms with van der Waals surface area (Å²) in [5.74, 6) is 0. The number of fused-ring (bicyclic) bond motifs is 1. The summed E-state index contributed by atoms with van der Waals surface area (Å²) in [5, 5.41) is 5.08. The zero-order valence-electron chi connectivity index (χ0n) is 12.2. The van der Waals surface area contributed by atoms with E-state index < -0.39 is 0 Å². The molecule has 104 valence electrons. The number of rotatable bonds is 8. The average molecular weight is 258 g/mol. The lowest BCUT2D eigenvalue weighted by Gasteiger charge is -2.17. The normalized spacial score (nSPS) is 11.5. The standard InChI is InChI=1S/C17H26N2/c1-3-7-15(8-4-2)18-12-11-14-13-19-17-10-6-5-9-16(14)17/h5-6,9-10,13,15,18-19H,3-4,7-8,11-12H2,1-2H3. The van der Waals surface area contributed by atoms with Crippen LogP contribution in [0.15, 0.2) is 30.5 Å². The first-order valence-corrected chi connectivity index (χ1v) is 7.63. The molecule has 0 amide bonds. The second-order valence-corrected chi connectivity index (χ2v) is 5.34. The molecule has 2 N–H and O–H groups in total. The van der Waals surface area contributed by atoms with Crippen LogP contribution in [0, 0.1) is 0 Å². The van der Waals surface area contributed by atoms with Crippen molar-refractivity contribution < 1.29 is 0 Å². The largest absolute Gasteiger partial charge is 0.361 e. The Morgan fingerprint density at radius 2 is 1.84 bits per heavy atom. The first-order chi connectivity index (χ1) is 9.35. The van der Waals surface area contributed by atoms with E-state index in [2.05, 4.69) is 54.6 Å². The molecule has 0 saturated heterocycles. The van der Waals surface area contributed by atoms with Gasteiger partial charge in [-0.15, -0.1) is 0 Å². The van der Waals surface area contributed by atoms with Gasteiger partial charge in [0.25, 0.3) is 0 Å². The Balaban J connectivity index is 1.88. The highest BCUT2D eigenvalue weighted by atomic mass is 14.9. The van der Waals surface area contributed by atoms with Crippen LogP contribution >= 0.6 is 0 Å². The van der Waals surface area contributed by atoms with Gasteiger partial charge in [-0.2, -0.15) is 0 Å². The summed E-state index contributed by atoms with van der Waals surface area (Å²) in [5.41, 5.74) is 2.67. The third kappa shape index (κ3) is 3.84. The van der Waals surface area contributed by atoms with Crippen molar-refractivity contribution in [3.63, 3.8) is 0 Å². The SMILES string of the molecule is CCCC(CCC)NCCc1c[nH]c2ccccc12. The number of para-hydroxylation sites is 1. The van der Waals surface area contributed by atoms with E-state index in [4.69, 9.17) is 0 Å². The predicted octanol–water partition coefficient (Wildman–Crippen LogP) is 4.27. The zero-order chi connectivity index (χ0) is 13.5. The van der Waals surface area contributed by atoms with Crippen molar-refractivity contribution in [2.75, 3.05) is 6.54 Å². The molecular weight excluding hydrogens is 232 g/mol. The van der Waals surface area contributed by atoms with Crippen LogP contribution in [0.1, 0.15) is 45.1 Å². The molecule has 1 aromatic heterocycles. The van der Waals surface area contributed by atoms with Crippen molar-refractivity contribution in [2.24, 2.45) is 0 Å². The number of aromatic nitrogens is 1. The minimum absolute atomic E-state index is 0.695. The van der Waals surface area contributed by atoms with Crippen molar-refractivity contribution in [3.8, 4) is 0 Å². The monoisotopic (exact) mass is 258 g/mol. The number of nitrogens with one attached hydrogen (secondary N) is 2. The molecular formula is C17H26N2. The number of benzene rings is 1. The molecule has 0 atom stereocenters. The van der Waals surface area contributed by atoms with Gasteiger partial charge in [-0.1, -0.05) is 44.9 Å². The summed E-state index contributed by atoms with van der Waals surface area (Å²) in [6.45, 7) is 5.61. The Bertz CT molecular complexity index is 481. The number of hydrogen-bond acceptors (Lipinski definition) is 1. The minimum atomic E-state index is 0.695. The molecule has 0 saturated carbocycles. The smallest absolute Gasteiger partial charge is 0.0456 e. The predicted molar refractivity (Wildman–Crippen MR) is 83.6 cm³/mol. The molecule has 1 aromatic carbocycles. The first-order valence-electron chi connectivity index (χ1n) is 7.63. The summed E-state index contributed by atoms with van der Waals surface area (Å²) >= 11 is 0. The Kier molecular flexibility index (Phi) is 5.46. The lowest BCUT2D eigenvalue weighted by atomic mass is 10.1. The molecule has 0 bridgehead atoms. The van der Waals surface area contributed by atoms with Crippen LogP contribution in [0.3, 0.4) is 0 Å². The fraction of sp³-hybridized carbons (Fsp3) is 0.529. The van der Waals surface area contributed by atoms with Crippen LogP contribution in [-0.2, 0) is 6.42 Å². The van der Waals surface area contributed by atoms with Crippen LogP contribution in [0.5, 0.6) is 0 Å². The van der Waals surface area contributed by atoms with Gasteiger partial charge in [0.1, 0.15) is 0 Å². The molecule has 0 spiro atoms. The Hall–Kier alpha value is -1.28. The molecule has 2 heteroatoms. The van der Waals surface area contributed by atoms with E-state index in [0.717, 1.165) is 13.0 Å². The second kappa shape index (κ2) is 7.34. The highest BCUT2D eigenvalue weighted by Gasteiger charge is 2.07. The minimum Gasteiger partial charge on any atom is -0.361 e. The van der Waals surface area contributed by atoms with E-state index in [1.165, 1.54) is 42.1 Å². The van der Waals surface area contributed by atoms with Crippen molar-refractivity contribution in [1.82, 2.24) is 10.3 Å². The third-order valence-corrected chi connectivity index (χ3v) is 3.78. The van der Waals surface area contributed by atoms with E-state index >= 15 is 0 Å². The zero-order valence-corrected chi connectivity index (χ0v) is 12.2. The molecule has 0 radical (unpaired) electrons. The number of hydrogen-bond donors (Lipinski definition) is 2. The van der Waals surface area contributed by atoms with Gasteiger partial charge in [-0.05, 0) is 37.4 Å². The van der Waals surface area contributed by atoms with Gasteiger partial charge in [0, 0.05) is 23.1 Å². The number of H-pyrrole nitrogens is 1. The lowest BCUT2D eigenvalue weighted by Crippen LogP contribution is -2.30. The Morgan fingerprint density at radius 3 is 2.58 bits per heavy atom. The van der Waals surface area contributed by atoms with Gasteiger partial charge in [-0.3, -0.25) is 0 Å². The van der Waals surface area contributed by atoms with Crippen molar-refractivity contribution in [2.45, 2.75) is 52.0 Å². The summed E-state index contributed by atoms with van der Waals surface area (Å²) in [6, 6.07) is 9.24. The maximum atomic E-state index is 3.71. The summed E-state index contributed by atoms with van der Waals surface area (Å²) < 4.78 is 0. The molecule has 2 rings (SSSR count). The molecule has 0 fully saturated rings. The summed E-state index contributed by atoms with van der Waals surface area (Å²) in [7, 11) is 0. The van der Waals surface area contributed by atoms with Crippen LogP contribution in [0.25, 0.3) is 10.9 Å².